The molecule has 41 heavy (non-hydrogen) atoms. The van der Waals surface area contributed by atoms with Crippen molar-refractivity contribution in [2.24, 2.45) is 0 Å². The first-order valence-electron chi connectivity index (χ1n) is 12.2. The molecule has 0 unspecified atom stereocenters. The molecule has 2 aliphatic rings. The van der Waals surface area contributed by atoms with Crippen LogP contribution in [0, 0.1) is 6.92 Å². The van der Waals surface area contributed by atoms with Gasteiger partial charge >= 0.3 is 11.9 Å². The fourth-order valence-corrected chi connectivity index (χ4v) is 5.92. The molecule has 1 atom stereocenters. The number of aliphatic hydroxyl groups excluding tert-OH is 1. The number of benzene rings is 2. The minimum Gasteiger partial charge on any atom is -0.507 e. The number of halogens is 1. The maximum atomic E-state index is 13.6. The topological polar surface area (TPSA) is 145 Å². The summed E-state index contributed by atoms with van der Waals surface area (Å²) in [4.78, 5) is 45.4. The number of nitrogens with zero attached hydrogens (tertiary/aromatic N) is 2. The molecule has 2 N–H and O–H groups in total. The highest BCUT2D eigenvalue weighted by Gasteiger charge is 2.49. The van der Waals surface area contributed by atoms with Crippen LogP contribution in [0.2, 0.25) is 0 Å². The number of aryl methyl sites for hydroxylation is 1. The number of amides is 1. The lowest BCUT2D eigenvalue weighted by molar-refractivity contribution is -0.132. The van der Waals surface area contributed by atoms with Gasteiger partial charge in [-0.25, -0.2) is 9.78 Å². The summed E-state index contributed by atoms with van der Waals surface area (Å²) < 4.78 is 21.8. The van der Waals surface area contributed by atoms with E-state index in [2.05, 4.69) is 27.5 Å². The normalized spacial score (nSPS) is 17.4. The Labute approximate surface area is 246 Å². The van der Waals surface area contributed by atoms with Crippen LogP contribution in [0.4, 0.5) is 5.13 Å². The van der Waals surface area contributed by atoms with E-state index in [1.807, 2.05) is 0 Å². The molecule has 1 fully saturated rings. The van der Waals surface area contributed by atoms with E-state index < -0.39 is 29.5 Å². The summed E-state index contributed by atoms with van der Waals surface area (Å²) in [5.74, 6) is -2.36. The Balaban J connectivity index is 1.70. The number of methoxy groups -OCH3 is 1. The third kappa shape index (κ3) is 5.02. The highest BCUT2D eigenvalue weighted by molar-refractivity contribution is 9.10. The van der Waals surface area contributed by atoms with E-state index in [4.69, 9.17) is 18.9 Å². The number of rotatable bonds is 7. The average Bonchev–Trinajstić information content (AvgIpc) is 3.48. The Hall–Kier alpha value is -4.36. The number of anilines is 1. The number of ether oxygens (including phenoxy) is 4. The second-order valence-corrected chi connectivity index (χ2v) is 10.7. The van der Waals surface area contributed by atoms with Crippen molar-refractivity contribution in [1.82, 2.24) is 4.98 Å². The SMILES string of the molecule is C=CCOC(=O)c1sc(N2C(=O)C(=O)/C(=C(/O)c3ccc4c(c3)OCCO4)[C@@H]2c2cc(Br)c(O)c(OC)c2)nc1C. The van der Waals surface area contributed by atoms with E-state index in [0.717, 1.165) is 16.2 Å². The van der Waals surface area contributed by atoms with Crippen LogP contribution >= 0.6 is 27.3 Å². The number of aromatic hydroxyl groups is 1. The van der Waals surface area contributed by atoms with Crippen LogP contribution in [-0.4, -0.2) is 59.8 Å². The number of carbonyl (C=O) groups is 3. The van der Waals surface area contributed by atoms with Crippen molar-refractivity contribution in [1.29, 1.82) is 0 Å². The smallest absolute Gasteiger partial charge is 0.350 e. The minimum atomic E-state index is -1.21. The number of carbonyl (C=O) groups excluding carboxylic acids is 3. The van der Waals surface area contributed by atoms with Crippen molar-refractivity contribution in [2.75, 3.05) is 31.8 Å². The van der Waals surface area contributed by atoms with Gasteiger partial charge in [0.15, 0.2) is 28.1 Å². The van der Waals surface area contributed by atoms with Crippen molar-refractivity contribution in [3.05, 3.63) is 74.7 Å². The first-order chi connectivity index (χ1) is 19.7. The number of Topliss-reactive ketones (excluding diaryl/α,β-unsaturated/α-hetero) is 1. The number of phenols is 1. The van der Waals surface area contributed by atoms with Crippen molar-refractivity contribution in [3.8, 4) is 23.0 Å². The van der Waals surface area contributed by atoms with E-state index in [0.29, 0.717) is 30.3 Å². The molecule has 1 amide bonds. The number of fused-ring (bicyclic) bond motifs is 1. The molecule has 1 aromatic heterocycles. The number of thiazole rings is 1. The summed E-state index contributed by atoms with van der Waals surface area (Å²) in [6.07, 6.45) is 1.42. The first-order valence-corrected chi connectivity index (χ1v) is 13.8. The summed E-state index contributed by atoms with van der Waals surface area (Å²) >= 11 is 4.15. The van der Waals surface area contributed by atoms with Crippen molar-refractivity contribution >= 4 is 55.8 Å². The van der Waals surface area contributed by atoms with Gasteiger partial charge in [0.25, 0.3) is 5.78 Å². The zero-order chi connectivity index (χ0) is 29.4. The van der Waals surface area contributed by atoms with Gasteiger partial charge < -0.3 is 29.2 Å². The zero-order valence-corrected chi connectivity index (χ0v) is 24.2. The monoisotopic (exact) mass is 642 g/mol. The Kier molecular flexibility index (Phi) is 7.74. The van der Waals surface area contributed by atoms with Crippen molar-refractivity contribution in [3.63, 3.8) is 0 Å². The van der Waals surface area contributed by atoms with E-state index in [-0.39, 0.29) is 49.4 Å². The third-order valence-electron chi connectivity index (χ3n) is 6.36. The molecule has 0 saturated carbocycles. The van der Waals surface area contributed by atoms with E-state index in [1.54, 1.807) is 19.1 Å². The zero-order valence-electron chi connectivity index (χ0n) is 21.8. The molecule has 212 valence electrons. The quantitative estimate of drug-likeness (QED) is 0.123. The van der Waals surface area contributed by atoms with Gasteiger partial charge in [0.2, 0.25) is 0 Å². The second kappa shape index (κ2) is 11.3. The molecule has 0 bridgehead atoms. The average molecular weight is 643 g/mol. The third-order valence-corrected chi connectivity index (χ3v) is 8.10. The molecule has 0 aliphatic carbocycles. The van der Waals surface area contributed by atoms with Gasteiger partial charge in [0, 0.05) is 5.56 Å². The number of aromatic nitrogens is 1. The van der Waals surface area contributed by atoms with E-state index >= 15 is 0 Å². The molecule has 0 spiro atoms. The Morgan fingerprint density at radius 1 is 1.24 bits per heavy atom. The first kappa shape index (κ1) is 28.2. The van der Waals surface area contributed by atoms with Gasteiger partial charge in [-0.15, -0.1) is 0 Å². The number of esters is 1. The maximum Gasteiger partial charge on any atom is 0.350 e. The van der Waals surface area contributed by atoms with Gasteiger partial charge in [-0.05, 0) is 58.7 Å². The summed E-state index contributed by atoms with van der Waals surface area (Å²) in [5, 5.41) is 21.9. The Morgan fingerprint density at radius 2 is 1.98 bits per heavy atom. The lowest BCUT2D eigenvalue weighted by atomic mass is 9.95. The van der Waals surface area contributed by atoms with Crippen LogP contribution < -0.4 is 19.1 Å². The summed E-state index contributed by atoms with van der Waals surface area (Å²) in [7, 11) is 1.35. The highest BCUT2D eigenvalue weighted by Crippen LogP contribution is 2.47. The van der Waals surface area contributed by atoms with Gasteiger partial charge in [-0.1, -0.05) is 24.0 Å². The molecule has 0 radical (unpaired) electrons. The van der Waals surface area contributed by atoms with Crippen molar-refractivity contribution in [2.45, 2.75) is 13.0 Å². The molecule has 5 rings (SSSR count). The van der Waals surface area contributed by atoms with Crippen LogP contribution in [0.5, 0.6) is 23.0 Å². The fraction of sp³-hybridized carbons (Fsp3) is 0.214. The molecular formula is C28H23BrN2O9S. The standard InChI is InChI=1S/C28H23BrN2O9S/c1-4-7-40-27(36)25-13(2)30-28(41-25)31-21(15-10-16(29)23(33)19(12-15)37-3)20(24(34)26(31)35)22(32)14-5-6-17-18(11-14)39-9-8-38-17/h4-6,10-12,21,32-33H,1,7-9H2,2-3H3/b22-20+/t21-/m0/s1. The maximum absolute atomic E-state index is 13.6. The van der Waals surface area contributed by atoms with Crippen LogP contribution in [0.3, 0.4) is 0 Å². The molecule has 2 aromatic carbocycles. The fourth-order valence-electron chi connectivity index (χ4n) is 4.47. The number of phenolic OH excluding ortho intramolecular Hbond substituents is 1. The number of hydrogen-bond donors (Lipinski definition) is 2. The van der Waals surface area contributed by atoms with Crippen LogP contribution in [0.15, 0.2) is 53.0 Å². The number of hydrogen-bond acceptors (Lipinski definition) is 11. The molecule has 2 aliphatic heterocycles. The van der Waals surface area contributed by atoms with Gasteiger partial charge in [0.1, 0.15) is 30.5 Å². The molecule has 11 nitrogen and oxygen atoms in total. The Bertz CT molecular complexity index is 1630. The summed E-state index contributed by atoms with van der Waals surface area (Å²) in [5.41, 5.74) is 0.575. The van der Waals surface area contributed by atoms with Crippen LogP contribution in [0.1, 0.15) is 32.5 Å². The minimum absolute atomic E-state index is 0.0209. The highest BCUT2D eigenvalue weighted by atomic mass is 79.9. The summed E-state index contributed by atoms with van der Waals surface area (Å²) in [6, 6.07) is 6.39. The lowest BCUT2D eigenvalue weighted by Gasteiger charge is -2.24. The molecule has 3 heterocycles. The molecule has 13 heteroatoms. The summed E-state index contributed by atoms with van der Waals surface area (Å²) in [6.45, 7) is 5.76. The largest absolute Gasteiger partial charge is 0.507 e. The predicted octanol–water partition coefficient (Wildman–Crippen LogP) is 4.67. The molecule has 3 aromatic rings. The molecular weight excluding hydrogens is 620 g/mol. The van der Waals surface area contributed by atoms with Crippen molar-refractivity contribution < 1.29 is 43.5 Å². The predicted molar refractivity (Wildman–Crippen MR) is 152 cm³/mol. The van der Waals surface area contributed by atoms with Gasteiger partial charge in [-0.3, -0.25) is 14.5 Å². The Morgan fingerprint density at radius 3 is 2.68 bits per heavy atom. The van der Waals surface area contributed by atoms with Gasteiger partial charge in [0.05, 0.1) is 28.9 Å². The van der Waals surface area contributed by atoms with Crippen LogP contribution in [0.25, 0.3) is 5.76 Å². The van der Waals surface area contributed by atoms with E-state index in [9.17, 15) is 24.6 Å². The second-order valence-electron chi connectivity index (χ2n) is 8.88. The number of aliphatic hydroxyl groups is 1. The lowest BCUT2D eigenvalue weighted by Crippen LogP contribution is -2.29. The molecule has 1 saturated heterocycles. The van der Waals surface area contributed by atoms with Gasteiger partial charge in [-0.2, -0.15) is 0 Å². The van der Waals surface area contributed by atoms with Crippen LogP contribution in [-0.2, 0) is 14.3 Å². The number of ketones is 1. The van der Waals surface area contributed by atoms with E-state index in [1.165, 1.54) is 31.4 Å².